The molecule has 2 heteroatoms. The smallest absolute Gasteiger partial charge is 0.168 e. The third-order valence-electron chi connectivity index (χ3n) is 2.21. The van der Waals surface area contributed by atoms with E-state index in [1.54, 1.807) is 0 Å². The first-order valence-corrected chi connectivity index (χ1v) is 4.61. The molecule has 2 heterocycles. The monoisotopic (exact) mass is 163 g/mol. The Morgan fingerprint density at radius 3 is 2.50 bits per heavy atom. The molecule has 1 aliphatic heterocycles. The topological polar surface area (TPSA) is 6.89 Å². The van der Waals surface area contributed by atoms with Crippen molar-refractivity contribution in [1.29, 1.82) is 0 Å². The zero-order chi connectivity index (χ0) is 8.23. The van der Waals surface area contributed by atoms with Gasteiger partial charge in [-0.15, -0.1) is 0 Å². The molecule has 0 aromatic carbocycles. The van der Waals surface area contributed by atoms with Crippen LogP contribution in [0, 0.1) is 0 Å². The number of hydrogen-bond acceptors (Lipinski definition) is 1. The van der Waals surface area contributed by atoms with Gasteiger partial charge in [0, 0.05) is 38.2 Å². The molecule has 0 atom stereocenters. The summed E-state index contributed by atoms with van der Waals surface area (Å²) in [7, 11) is 0. The van der Waals surface area contributed by atoms with Gasteiger partial charge < -0.3 is 4.90 Å². The van der Waals surface area contributed by atoms with E-state index in [2.05, 4.69) is 40.1 Å². The minimum Gasteiger partial charge on any atom is -0.301 e. The lowest BCUT2D eigenvalue weighted by atomic mass is 10.4. The summed E-state index contributed by atoms with van der Waals surface area (Å²) < 4.78 is 2.24. The van der Waals surface area contributed by atoms with Gasteiger partial charge in [0.25, 0.3) is 0 Å². The van der Waals surface area contributed by atoms with E-state index in [0.29, 0.717) is 0 Å². The minimum atomic E-state index is 1.15. The van der Waals surface area contributed by atoms with Crippen molar-refractivity contribution in [1.82, 2.24) is 4.90 Å². The second-order valence-electron chi connectivity index (χ2n) is 3.31. The molecule has 0 amide bonds. The van der Waals surface area contributed by atoms with Crippen molar-refractivity contribution in [2.24, 2.45) is 0 Å². The average Bonchev–Trinajstić information content (AvgIpc) is 2.90. The molecular weight excluding hydrogens is 148 g/mol. The number of aromatic nitrogens is 1. The highest BCUT2D eigenvalue weighted by molar-refractivity contribution is 4.83. The predicted octanol–water partition coefficient (Wildman–Crippen LogP) is 0.680. The van der Waals surface area contributed by atoms with Crippen LogP contribution >= 0.6 is 0 Å². The number of aryl methyl sites for hydroxylation is 1. The number of pyridine rings is 1. The van der Waals surface area contributed by atoms with Gasteiger partial charge in [-0.1, -0.05) is 6.07 Å². The molecule has 1 aliphatic rings. The van der Waals surface area contributed by atoms with Crippen molar-refractivity contribution in [3.63, 3.8) is 0 Å². The van der Waals surface area contributed by atoms with Crippen LogP contribution in [0.3, 0.4) is 0 Å². The first kappa shape index (κ1) is 7.74. The molecule has 1 saturated heterocycles. The molecule has 0 saturated carbocycles. The zero-order valence-corrected chi connectivity index (χ0v) is 7.32. The van der Waals surface area contributed by atoms with Crippen molar-refractivity contribution >= 4 is 0 Å². The van der Waals surface area contributed by atoms with E-state index in [-0.39, 0.29) is 0 Å². The van der Waals surface area contributed by atoms with Gasteiger partial charge in [0.2, 0.25) is 0 Å². The van der Waals surface area contributed by atoms with Crippen molar-refractivity contribution < 1.29 is 4.57 Å². The average molecular weight is 163 g/mol. The molecule has 64 valence electrons. The fourth-order valence-corrected chi connectivity index (χ4v) is 1.35. The Morgan fingerprint density at radius 2 is 1.83 bits per heavy atom. The van der Waals surface area contributed by atoms with Gasteiger partial charge in [-0.2, -0.15) is 0 Å². The summed E-state index contributed by atoms with van der Waals surface area (Å²) in [5.41, 5.74) is 0. The normalized spacial score (nSPS) is 16.3. The lowest BCUT2D eigenvalue weighted by Gasteiger charge is -1.97. The molecular formula is C10H15N2+. The van der Waals surface area contributed by atoms with Crippen molar-refractivity contribution in [3.8, 4) is 0 Å². The molecule has 0 aliphatic carbocycles. The van der Waals surface area contributed by atoms with Crippen LogP contribution in [0.1, 0.15) is 6.42 Å². The van der Waals surface area contributed by atoms with E-state index in [1.807, 2.05) is 0 Å². The second kappa shape index (κ2) is 3.68. The first-order valence-electron chi connectivity index (χ1n) is 4.61. The maximum Gasteiger partial charge on any atom is 0.168 e. The Bertz CT molecular complexity index is 229. The number of nitrogens with zero attached hydrogens (tertiary/aromatic N) is 2. The third-order valence-corrected chi connectivity index (χ3v) is 2.21. The Hall–Kier alpha value is -0.890. The SMILES string of the molecule is c1cc[n+](CCCN2CC2)cc1. The second-order valence-corrected chi connectivity index (χ2v) is 3.31. The Labute approximate surface area is 73.4 Å². The minimum absolute atomic E-state index is 1.15. The fraction of sp³-hybridized carbons (Fsp3) is 0.500. The van der Waals surface area contributed by atoms with Gasteiger partial charge in [0.15, 0.2) is 12.4 Å². The Kier molecular flexibility index (Phi) is 2.37. The summed E-state index contributed by atoms with van der Waals surface area (Å²) in [6.07, 6.45) is 5.53. The van der Waals surface area contributed by atoms with Crippen LogP contribution in [0.15, 0.2) is 30.6 Å². The van der Waals surface area contributed by atoms with Crippen LogP contribution in [-0.4, -0.2) is 24.5 Å². The predicted molar refractivity (Wildman–Crippen MR) is 47.7 cm³/mol. The van der Waals surface area contributed by atoms with Crippen molar-refractivity contribution in [2.75, 3.05) is 19.6 Å². The molecule has 1 aromatic rings. The van der Waals surface area contributed by atoms with Gasteiger partial charge in [-0.3, -0.25) is 0 Å². The standard InChI is InChI=1S/C10H15N2/c1-2-5-11(6-3-1)7-4-8-12-9-10-12/h1-3,5-6H,4,7-10H2/q+1. The van der Waals surface area contributed by atoms with E-state index in [4.69, 9.17) is 0 Å². The molecule has 12 heavy (non-hydrogen) atoms. The summed E-state index contributed by atoms with van der Waals surface area (Å²) in [5.74, 6) is 0. The van der Waals surface area contributed by atoms with Crippen LogP contribution in [0.2, 0.25) is 0 Å². The molecule has 0 spiro atoms. The summed E-state index contributed by atoms with van der Waals surface area (Å²) >= 11 is 0. The van der Waals surface area contributed by atoms with Crippen LogP contribution in [0.5, 0.6) is 0 Å². The Morgan fingerprint density at radius 1 is 1.08 bits per heavy atom. The third kappa shape index (κ3) is 2.31. The summed E-state index contributed by atoms with van der Waals surface area (Å²) in [5, 5.41) is 0. The number of rotatable bonds is 4. The molecule has 0 unspecified atom stereocenters. The highest BCUT2D eigenvalue weighted by Crippen LogP contribution is 2.02. The van der Waals surface area contributed by atoms with E-state index in [0.717, 1.165) is 6.54 Å². The van der Waals surface area contributed by atoms with E-state index < -0.39 is 0 Å². The van der Waals surface area contributed by atoms with E-state index in [1.165, 1.54) is 26.1 Å². The van der Waals surface area contributed by atoms with Crippen molar-refractivity contribution in [3.05, 3.63) is 30.6 Å². The molecule has 1 aromatic heterocycles. The molecule has 2 nitrogen and oxygen atoms in total. The van der Waals surface area contributed by atoms with Crippen LogP contribution in [-0.2, 0) is 6.54 Å². The molecule has 0 radical (unpaired) electrons. The molecule has 2 rings (SSSR count). The summed E-state index contributed by atoms with van der Waals surface area (Å²) in [6, 6.07) is 6.22. The van der Waals surface area contributed by atoms with Crippen LogP contribution in [0.4, 0.5) is 0 Å². The maximum absolute atomic E-state index is 2.46. The van der Waals surface area contributed by atoms with Crippen molar-refractivity contribution in [2.45, 2.75) is 13.0 Å². The lowest BCUT2D eigenvalue weighted by Crippen LogP contribution is -2.33. The quantitative estimate of drug-likeness (QED) is 0.467. The van der Waals surface area contributed by atoms with E-state index >= 15 is 0 Å². The lowest BCUT2D eigenvalue weighted by molar-refractivity contribution is -0.697. The van der Waals surface area contributed by atoms with Gasteiger partial charge >= 0.3 is 0 Å². The van der Waals surface area contributed by atoms with Gasteiger partial charge in [0.05, 0.1) is 0 Å². The molecule has 0 bridgehead atoms. The largest absolute Gasteiger partial charge is 0.301 e. The molecule has 1 fully saturated rings. The summed E-state index contributed by atoms with van der Waals surface area (Å²) in [4.78, 5) is 2.46. The maximum atomic E-state index is 2.46. The van der Waals surface area contributed by atoms with Gasteiger partial charge in [-0.05, 0) is 0 Å². The zero-order valence-electron chi connectivity index (χ0n) is 7.32. The highest BCUT2D eigenvalue weighted by Gasteiger charge is 2.16. The Balaban J connectivity index is 1.72. The first-order chi connectivity index (χ1) is 5.95. The molecule has 0 N–H and O–H groups in total. The van der Waals surface area contributed by atoms with E-state index in [9.17, 15) is 0 Å². The fourth-order valence-electron chi connectivity index (χ4n) is 1.35. The van der Waals surface area contributed by atoms with Crippen LogP contribution in [0.25, 0.3) is 0 Å². The van der Waals surface area contributed by atoms with Gasteiger partial charge in [-0.25, -0.2) is 4.57 Å². The summed E-state index contributed by atoms with van der Waals surface area (Å²) in [6.45, 7) is 5.05. The number of hydrogen-bond donors (Lipinski definition) is 0. The highest BCUT2D eigenvalue weighted by atomic mass is 15.3. The van der Waals surface area contributed by atoms with Gasteiger partial charge in [0.1, 0.15) is 6.54 Å². The van der Waals surface area contributed by atoms with Crippen LogP contribution < -0.4 is 4.57 Å².